The van der Waals surface area contributed by atoms with Gasteiger partial charge in [-0.05, 0) is 36.1 Å². The Kier molecular flexibility index (Phi) is 7.12. The Morgan fingerprint density at radius 1 is 1.24 bits per heavy atom. The number of nitrogens with one attached hydrogen (secondary N) is 2. The van der Waals surface area contributed by atoms with E-state index < -0.39 is 5.91 Å². The maximum absolute atomic E-state index is 12.6. The molecule has 0 radical (unpaired) electrons. The summed E-state index contributed by atoms with van der Waals surface area (Å²) in [6.07, 6.45) is 1.48. The molecule has 0 unspecified atom stereocenters. The molecule has 0 bridgehead atoms. The molecule has 11 heteroatoms. The number of thiophene rings is 1. The van der Waals surface area contributed by atoms with Crippen LogP contribution in [0.5, 0.6) is 5.75 Å². The molecular formula is C22H19Cl2N5O3S. The number of nitrogens with zero attached hydrogens (tertiary/aromatic N) is 3. The molecule has 170 valence electrons. The second kappa shape index (κ2) is 10.2. The summed E-state index contributed by atoms with van der Waals surface area (Å²) in [5, 5.41) is 10.0. The summed E-state index contributed by atoms with van der Waals surface area (Å²) in [5.74, 6) is 0.450. The molecule has 0 saturated heterocycles. The molecule has 4 rings (SSSR count). The molecule has 0 aliphatic rings. The molecule has 4 aromatic rings. The fourth-order valence-electron chi connectivity index (χ4n) is 3.07. The highest BCUT2D eigenvalue weighted by atomic mass is 35.5. The summed E-state index contributed by atoms with van der Waals surface area (Å²) >= 11 is 13.5. The van der Waals surface area contributed by atoms with Gasteiger partial charge in [0.15, 0.2) is 6.61 Å². The number of rotatable bonds is 8. The third kappa shape index (κ3) is 5.62. The Hall–Kier alpha value is -3.14. The van der Waals surface area contributed by atoms with E-state index in [0.717, 1.165) is 11.3 Å². The van der Waals surface area contributed by atoms with E-state index in [2.05, 4.69) is 20.4 Å². The second-order valence-electron chi connectivity index (χ2n) is 7.03. The van der Waals surface area contributed by atoms with Gasteiger partial charge in [-0.15, -0.1) is 11.3 Å². The summed E-state index contributed by atoms with van der Waals surface area (Å²) in [4.78, 5) is 32.9. The minimum atomic E-state index is -0.438. The summed E-state index contributed by atoms with van der Waals surface area (Å²) in [6, 6.07) is 11.7. The highest BCUT2D eigenvalue weighted by molar-refractivity contribution is 7.13. The first-order valence-electron chi connectivity index (χ1n) is 10.0. The van der Waals surface area contributed by atoms with Crippen molar-refractivity contribution in [3.63, 3.8) is 0 Å². The van der Waals surface area contributed by atoms with Crippen molar-refractivity contribution in [3.8, 4) is 22.3 Å². The molecule has 1 aromatic carbocycles. The van der Waals surface area contributed by atoms with Gasteiger partial charge in [0.1, 0.15) is 17.3 Å². The number of benzene rings is 1. The minimum Gasteiger partial charge on any atom is -0.482 e. The normalized spacial score (nSPS) is 10.9. The average molecular weight is 504 g/mol. The van der Waals surface area contributed by atoms with Crippen molar-refractivity contribution in [2.24, 2.45) is 0 Å². The molecule has 2 N–H and O–H groups in total. The number of carbonyl (C=O) groups excluding carboxylic acids is 1. The monoisotopic (exact) mass is 503 g/mol. The molecular weight excluding hydrogens is 485 g/mol. The maximum Gasteiger partial charge on any atom is 0.263 e. The van der Waals surface area contributed by atoms with Gasteiger partial charge in [0, 0.05) is 22.8 Å². The van der Waals surface area contributed by atoms with Crippen LogP contribution in [-0.2, 0) is 11.2 Å². The van der Waals surface area contributed by atoms with Gasteiger partial charge in [-0.3, -0.25) is 14.6 Å². The lowest BCUT2D eigenvalue weighted by molar-refractivity contribution is -0.118. The molecule has 0 spiro atoms. The summed E-state index contributed by atoms with van der Waals surface area (Å²) in [7, 11) is 0. The second-order valence-corrected chi connectivity index (χ2v) is 8.82. The van der Waals surface area contributed by atoms with E-state index in [1.54, 1.807) is 18.2 Å². The zero-order chi connectivity index (χ0) is 23.4. The predicted octanol–water partition coefficient (Wildman–Crippen LogP) is 4.96. The van der Waals surface area contributed by atoms with Crippen LogP contribution in [-0.4, -0.2) is 32.3 Å². The van der Waals surface area contributed by atoms with Gasteiger partial charge in [0.2, 0.25) is 5.95 Å². The topological polar surface area (TPSA) is 102 Å². The van der Waals surface area contributed by atoms with Crippen molar-refractivity contribution >= 4 is 46.3 Å². The quantitative estimate of drug-likeness (QED) is 0.353. The Morgan fingerprint density at radius 2 is 2.09 bits per heavy atom. The lowest BCUT2D eigenvalue weighted by Crippen LogP contribution is -2.23. The molecule has 8 nitrogen and oxygen atoms in total. The molecule has 0 fully saturated rings. The van der Waals surface area contributed by atoms with Crippen LogP contribution in [0.2, 0.25) is 10.0 Å². The van der Waals surface area contributed by atoms with Gasteiger partial charge in [-0.25, -0.2) is 4.98 Å². The van der Waals surface area contributed by atoms with Gasteiger partial charge in [-0.2, -0.15) is 9.78 Å². The minimum absolute atomic E-state index is 0.214. The first kappa shape index (κ1) is 23.0. The van der Waals surface area contributed by atoms with E-state index >= 15 is 0 Å². The van der Waals surface area contributed by atoms with Crippen LogP contribution < -0.4 is 15.6 Å². The van der Waals surface area contributed by atoms with Gasteiger partial charge in [-0.1, -0.05) is 42.6 Å². The van der Waals surface area contributed by atoms with Crippen molar-refractivity contribution in [2.75, 3.05) is 11.9 Å². The van der Waals surface area contributed by atoms with Crippen LogP contribution in [0.1, 0.15) is 19.0 Å². The van der Waals surface area contributed by atoms with Crippen LogP contribution >= 0.6 is 34.5 Å². The van der Waals surface area contributed by atoms with Crippen LogP contribution in [0, 0.1) is 0 Å². The maximum atomic E-state index is 12.6. The number of hydrogen-bond donors (Lipinski definition) is 2. The Morgan fingerprint density at radius 3 is 2.82 bits per heavy atom. The number of carbonyl (C=O) groups is 1. The average Bonchev–Trinajstić information content (AvgIpc) is 3.43. The highest BCUT2D eigenvalue weighted by Gasteiger charge is 2.17. The largest absolute Gasteiger partial charge is 0.482 e. The molecule has 0 atom stereocenters. The van der Waals surface area contributed by atoms with Crippen LogP contribution in [0.25, 0.3) is 16.5 Å². The Bertz CT molecular complexity index is 1330. The number of H-pyrrole nitrogens is 1. The van der Waals surface area contributed by atoms with Crippen molar-refractivity contribution in [3.05, 3.63) is 73.9 Å². The predicted molar refractivity (Wildman–Crippen MR) is 130 cm³/mol. The summed E-state index contributed by atoms with van der Waals surface area (Å²) in [6.45, 7) is 1.71. The van der Waals surface area contributed by atoms with E-state index in [1.165, 1.54) is 28.2 Å². The lowest BCUT2D eigenvalue weighted by Gasteiger charge is -2.10. The standard InChI is InChI=1S/C22H19Cl2N5O3S/c1-2-4-14-10-20(30)27-22(25-14)29-19(11-16(28-29)18-5-3-8-33-18)26-21(31)12-32-17-7-6-13(23)9-15(17)24/h3,5-11H,2,4,12H2,1H3,(H,26,31)(H,25,27,30). The fraction of sp³-hybridized carbons (Fsp3) is 0.182. The zero-order valence-electron chi connectivity index (χ0n) is 17.5. The molecule has 0 saturated carbocycles. The van der Waals surface area contributed by atoms with Crippen molar-refractivity contribution in [1.29, 1.82) is 0 Å². The van der Waals surface area contributed by atoms with Crippen LogP contribution in [0.3, 0.4) is 0 Å². The SMILES string of the molecule is CCCc1cc(=O)[nH]c(-n2nc(-c3cccs3)cc2NC(=O)COc2ccc(Cl)cc2Cl)n1. The van der Waals surface area contributed by atoms with E-state index in [0.29, 0.717) is 39.4 Å². The van der Waals surface area contributed by atoms with Crippen molar-refractivity contribution < 1.29 is 9.53 Å². The smallest absolute Gasteiger partial charge is 0.263 e. The number of amides is 1. The fourth-order valence-corrected chi connectivity index (χ4v) is 4.21. The number of halogens is 2. The van der Waals surface area contributed by atoms with E-state index in [1.807, 2.05) is 24.4 Å². The van der Waals surface area contributed by atoms with Crippen LogP contribution in [0.15, 0.2) is 52.6 Å². The van der Waals surface area contributed by atoms with Crippen molar-refractivity contribution in [2.45, 2.75) is 19.8 Å². The van der Waals surface area contributed by atoms with Gasteiger partial charge >= 0.3 is 0 Å². The summed E-state index contributed by atoms with van der Waals surface area (Å²) in [5.41, 5.74) is 0.975. The van der Waals surface area contributed by atoms with Gasteiger partial charge in [0.25, 0.3) is 11.5 Å². The Balaban J connectivity index is 1.61. The third-order valence-corrected chi connectivity index (χ3v) is 5.91. The van der Waals surface area contributed by atoms with Gasteiger partial charge in [0.05, 0.1) is 9.90 Å². The first-order valence-corrected chi connectivity index (χ1v) is 11.7. The number of aromatic amines is 1. The molecule has 1 amide bonds. The van der Waals surface area contributed by atoms with E-state index in [9.17, 15) is 9.59 Å². The molecule has 0 aliphatic heterocycles. The zero-order valence-corrected chi connectivity index (χ0v) is 19.8. The number of hydrogen-bond acceptors (Lipinski definition) is 6. The number of aromatic nitrogens is 4. The molecule has 33 heavy (non-hydrogen) atoms. The number of aryl methyl sites for hydroxylation is 1. The van der Waals surface area contributed by atoms with Gasteiger partial charge < -0.3 is 10.1 Å². The Labute approximate surface area is 203 Å². The number of anilines is 1. The summed E-state index contributed by atoms with van der Waals surface area (Å²) < 4.78 is 6.92. The van der Waals surface area contributed by atoms with E-state index in [4.69, 9.17) is 27.9 Å². The number of ether oxygens (including phenoxy) is 1. The van der Waals surface area contributed by atoms with Crippen molar-refractivity contribution in [1.82, 2.24) is 19.7 Å². The molecule has 3 heterocycles. The lowest BCUT2D eigenvalue weighted by atomic mass is 10.2. The van der Waals surface area contributed by atoms with Crippen LogP contribution in [0.4, 0.5) is 5.82 Å². The molecule has 0 aliphatic carbocycles. The first-order chi connectivity index (χ1) is 15.9. The molecule has 3 aromatic heterocycles. The highest BCUT2D eigenvalue weighted by Crippen LogP contribution is 2.29. The van der Waals surface area contributed by atoms with E-state index in [-0.39, 0.29) is 18.1 Å². The third-order valence-electron chi connectivity index (χ3n) is 4.49.